The van der Waals surface area contributed by atoms with Gasteiger partial charge in [0.2, 0.25) is 0 Å². The van der Waals surface area contributed by atoms with Gasteiger partial charge in [0.15, 0.2) is 0 Å². The van der Waals surface area contributed by atoms with Crippen molar-refractivity contribution in [2.75, 3.05) is 7.05 Å². The van der Waals surface area contributed by atoms with E-state index in [1.165, 1.54) is 0 Å². The minimum absolute atomic E-state index is 0.810. The molecule has 0 aromatic heterocycles. The predicted molar refractivity (Wildman–Crippen MR) is 64.6 cm³/mol. The quantitative estimate of drug-likeness (QED) is 0.807. The first kappa shape index (κ1) is 15.8. The van der Waals surface area contributed by atoms with Crippen LogP contribution in [0.4, 0.5) is 0 Å². The van der Waals surface area contributed by atoms with E-state index in [0.717, 1.165) is 4.90 Å². The van der Waals surface area contributed by atoms with Gasteiger partial charge in [-0.25, -0.2) is 8.93 Å². The standard InChI is InChI=1S/C7H9NOS.2C2H6/c1-8-10(9)7-5-3-2-4-6-7;2*1-2/h2-6,8H,1H3;2*1-2H3. The van der Waals surface area contributed by atoms with Gasteiger partial charge in [0.1, 0.15) is 11.0 Å². The molecular weight excluding hydrogens is 194 g/mol. The van der Waals surface area contributed by atoms with Crippen molar-refractivity contribution >= 4 is 11.0 Å². The summed E-state index contributed by atoms with van der Waals surface area (Å²) >= 11 is 0. The molecule has 0 amide bonds. The van der Waals surface area contributed by atoms with E-state index in [2.05, 4.69) is 4.72 Å². The molecule has 0 aliphatic rings. The summed E-state index contributed by atoms with van der Waals surface area (Å²) in [5.41, 5.74) is 0. The Balaban J connectivity index is 0. The van der Waals surface area contributed by atoms with Crippen LogP contribution >= 0.6 is 0 Å². The number of benzene rings is 1. The lowest BCUT2D eigenvalue weighted by atomic mass is 10.4. The van der Waals surface area contributed by atoms with Crippen LogP contribution in [-0.2, 0) is 11.0 Å². The summed E-state index contributed by atoms with van der Waals surface area (Å²) in [6.07, 6.45) is 0. The molecule has 1 atom stereocenters. The maximum Gasteiger partial charge on any atom is 0.124 e. The Labute approximate surface area is 90.3 Å². The number of rotatable bonds is 2. The van der Waals surface area contributed by atoms with Crippen LogP contribution < -0.4 is 4.72 Å². The molecule has 14 heavy (non-hydrogen) atoms. The van der Waals surface area contributed by atoms with Crippen LogP contribution in [0, 0.1) is 0 Å². The molecule has 0 spiro atoms. The first-order chi connectivity index (χ1) is 6.84. The Hall–Kier alpha value is -0.670. The van der Waals surface area contributed by atoms with E-state index in [1.54, 1.807) is 7.05 Å². The van der Waals surface area contributed by atoms with Gasteiger partial charge in [-0.1, -0.05) is 45.9 Å². The van der Waals surface area contributed by atoms with E-state index in [4.69, 9.17) is 0 Å². The Morgan fingerprint density at radius 3 is 1.79 bits per heavy atom. The van der Waals surface area contributed by atoms with Crippen molar-refractivity contribution in [2.45, 2.75) is 32.6 Å². The molecule has 0 aliphatic carbocycles. The van der Waals surface area contributed by atoms with Gasteiger partial charge in [-0.2, -0.15) is 0 Å². The fourth-order valence-corrected chi connectivity index (χ4v) is 1.30. The van der Waals surface area contributed by atoms with Crippen LogP contribution in [0.2, 0.25) is 0 Å². The minimum atomic E-state index is -1.04. The fraction of sp³-hybridized carbons (Fsp3) is 0.455. The zero-order valence-corrected chi connectivity index (χ0v) is 10.5. The third kappa shape index (κ3) is 6.80. The fourth-order valence-electron chi connectivity index (χ4n) is 0.662. The zero-order valence-electron chi connectivity index (χ0n) is 9.70. The molecule has 1 aromatic carbocycles. The normalized spacial score (nSPS) is 10.1. The lowest BCUT2D eigenvalue weighted by Crippen LogP contribution is -2.09. The Morgan fingerprint density at radius 1 is 1.00 bits per heavy atom. The van der Waals surface area contributed by atoms with Crippen LogP contribution in [0.1, 0.15) is 27.7 Å². The van der Waals surface area contributed by atoms with Gasteiger partial charge in [0.05, 0.1) is 4.90 Å². The number of hydrogen-bond acceptors (Lipinski definition) is 1. The maximum atomic E-state index is 11.0. The van der Waals surface area contributed by atoms with Crippen molar-refractivity contribution < 1.29 is 4.21 Å². The van der Waals surface area contributed by atoms with E-state index in [-0.39, 0.29) is 0 Å². The van der Waals surface area contributed by atoms with Crippen molar-refractivity contribution in [3.8, 4) is 0 Å². The summed E-state index contributed by atoms with van der Waals surface area (Å²) in [6, 6.07) is 9.28. The van der Waals surface area contributed by atoms with E-state index < -0.39 is 11.0 Å². The zero-order chi connectivity index (χ0) is 11.4. The van der Waals surface area contributed by atoms with E-state index in [9.17, 15) is 4.21 Å². The van der Waals surface area contributed by atoms with Crippen molar-refractivity contribution in [2.24, 2.45) is 0 Å². The first-order valence-electron chi connectivity index (χ1n) is 4.99. The van der Waals surface area contributed by atoms with Crippen LogP contribution in [-0.4, -0.2) is 11.3 Å². The van der Waals surface area contributed by atoms with Crippen LogP contribution in [0.15, 0.2) is 35.2 Å². The highest BCUT2D eigenvalue weighted by atomic mass is 32.2. The van der Waals surface area contributed by atoms with Gasteiger partial charge in [-0.15, -0.1) is 0 Å². The number of hydrogen-bond donors (Lipinski definition) is 1. The van der Waals surface area contributed by atoms with Crippen LogP contribution in [0.5, 0.6) is 0 Å². The van der Waals surface area contributed by atoms with Crippen molar-refractivity contribution in [1.82, 2.24) is 4.72 Å². The van der Waals surface area contributed by atoms with E-state index in [1.807, 2.05) is 58.0 Å². The van der Waals surface area contributed by atoms with E-state index in [0.29, 0.717) is 0 Å². The van der Waals surface area contributed by atoms with Crippen LogP contribution in [0.3, 0.4) is 0 Å². The molecular formula is C11H21NOS. The lowest BCUT2D eigenvalue weighted by molar-refractivity contribution is 0.678. The van der Waals surface area contributed by atoms with Crippen molar-refractivity contribution in [3.05, 3.63) is 30.3 Å². The molecule has 0 fully saturated rings. The molecule has 82 valence electrons. The Bertz CT molecular complexity index is 224. The highest BCUT2D eigenvalue weighted by Gasteiger charge is 1.95. The van der Waals surface area contributed by atoms with Gasteiger partial charge in [0.25, 0.3) is 0 Å². The highest BCUT2D eigenvalue weighted by molar-refractivity contribution is 7.83. The van der Waals surface area contributed by atoms with Crippen molar-refractivity contribution in [3.63, 3.8) is 0 Å². The molecule has 1 rings (SSSR count). The second-order valence-corrected chi connectivity index (χ2v) is 3.20. The Morgan fingerprint density at radius 2 is 1.43 bits per heavy atom. The van der Waals surface area contributed by atoms with Crippen molar-refractivity contribution in [1.29, 1.82) is 0 Å². The largest absolute Gasteiger partial charge is 0.238 e. The third-order valence-electron chi connectivity index (χ3n) is 1.14. The third-order valence-corrected chi connectivity index (χ3v) is 2.21. The monoisotopic (exact) mass is 215 g/mol. The maximum absolute atomic E-state index is 11.0. The van der Waals surface area contributed by atoms with Gasteiger partial charge in [-0.05, 0) is 19.2 Å². The second kappa shape index (κ2) is 12.3. The molecule has 0 saturated heterocycles. The molecule has 1 aromatic rings. The average Bonchev–Trinajstić information content (AvgIpc) is 2.34. The molecule has 1 N–H and O–H groups in total. The first-order valence-corrected chi connectivity index (χ1v) is 6.14. The Kier molecular flexibility index (Phi) is 13.9. The molecule has 2 nitrogen and oxygen atoms in total. The van der Waals surface area contributed by atoms with Gasteiger partial charge in [-0.3, -0.25) is 0 Å². The average molecular weight is 215 g/mol. The molecule has 1 unspecified atom stereocenters. The van der Waals surface area contributed by atoms with E-state index >= 15 is 0 Å². The second-order valence-electron chi connectivity index (χ2n) is 1.79. The van der Waals surface area contributed by atoms with Gasteiger partial charge >= 0.3 is 0 Å². The lowest BCUT2D eigenvalue weighted by Gasteiger charge is -1.96. The summed E-state index contributed by atoms with van der Waals surface area (Å²) in [7, 11) is 0.629. The number of nitrogens with one attached hydrogen (secondary N) is 1. The smallest absolute Gasteiger partial charge is 0.124 e. The summed E-state index contributed by atoms with van der Waals surface area (Å²) in [6.45, 7) is 8.00. The summed E-state index contributed by atoms with van der Waals surface area (Å²) in [4.78, 5) is 0.810. The van der Waals surface area contributed by atoms with Gasteiger partial charge in [0, 0.05) is 0 Å². The van der Waals surface area contributed by atoms with Gasteiger partial charge < -0.3 is 0 Å². The summed E-state index contributed by atoms with van der Waals surface area (Å²) in [5.74, 6) is 0. The topological polar surface area (TPSA) is 29.1 Å². The molecule has 0 heterocycles. The SMILES string of the molecule is CC.CC.CNS(=O)c1ccccc1. The predicted octanol–water partition coefficient (Wildman–Crippen LogP) is 2.98. The summed E-state index contributed by atoms with van der Waals surface area (Å²) < 4.78 is 13.7. The molecule has 0 bridgehead atoms. The minimum Gasteiger partial charge on any atom is -0.238 e. The molecule has 3 heteroatoms. The summed E-state index contributed by atoms with van der Waals surface area (Å²) in [5, 5.41) is 0. The highest BCUT2D eigenvalue weighted by Crippen LogP contribution is 2.01. The molecule has 0 saturated carbocycles. The van der Waals surface area contributed by atoms with Crippen LogP contribution in [0.25, 0.3) is 0 Å². The molecule has 0 aliphatic heterocycles. The molecule has 0 radical (unpaired) electrons.